The van der Waals surface area contributed by atoms with Gasteiger partial charge in [-0.2, -0.15) is 0 Å². The molecule has 1 heterocycles. The van der Waals surface area contributed by atoms with Gasteiger partial charge in [0.15, 0.2) is 0 Å². The second-order valence-electron chi connectivity index (χ2n) is 6.92. The molecule has 0 spiro atoms. The molecule has 0 saturated carbocycles. The summed E-state index contributed by atoms with van der Waals surface area (Å²) in [5.41, 5.74) is 3.81. The Morgan fingerprint density at radius 3 is 2.50 bits per heavy atom. The van der Waals surface area contributed by atoms with E-state index in [9.17, 15) is 9.59 Å². The van der Waals surface area contributed by atoms with Crippen LogP contribution in [0.15, 0.2) is 48.5 Å². The highest BCUT2D eigenvalue weighted by Crippen LogP contribution is 2.22. The molecule has 0 unspecified atom stereocenters. The lowest BCUT2D eigenvalue weighted by molar-refractivity contribution is -0.121. The molecule has 2 amide bonds. The van der Waals surface area contributed by atoms with Crippen LogP contribution in [0.3, 0.4) is 0 Å². The topological polar surface area (TPSA) is 49.4 Å². The first-order valence-corrected chi connectivity index (χ1v) is 9.33. The number of carbonyl (C=O) groups is 2. The van der Waals surface area contributed by atoms with Crippen LogP contribution in [0, 0.1) is 12.8 Å². The number of likely N-dealkylation sites (tertiary alicyclic amines) is 1. The van der Waals surface area contributed by atoms with Crippen LogP contribution in [0.5, 0.6) is 0 Å². The van der Waals surface area contributed by atoms with Gasteiger partial charge < -0.3 is 10.2 Å². The van der Waals surface area contributed by atoms with Gasteiger partial charge in [0.2, 0.25) is 5.91 Å². The third kappa shape index (κ3) is 4.13. The molecule has 4 nitrogen and oxygen atoms in total. The van der Waals surface area contributed by atoms with Gasteiger partial charge in [0.25, 0.3) is 5.91 Å². The number of carbonyl (C=O) groups excluding carboxylic acids is 2. The molecule has 1 aliphatic heterocycles. The highest BCUT2D eigenvalue weighted by atomic mass is 16.2. The number of rotatable bonds is 4. The third-order valence-corrected chi connectivity index (χ3v) is 5.13. The predicted octanol–water partition coefficient (Wildman–Crippen LogP) is 4.05. The van der Waals surface area contributed by atoms with Gasteiger partial charge in [-0.05, 0) is 55.5 Å². The lowest BCUT2D eigenvalue weighted by Gasteiger charge is -2.31. The average molecular weight is 350 g/mol. The van der Waals surface area contributed by atoms with Crippen molar-refractivity contribution in [3.8, 4) is 0 Å². The molecule has 0 bridgehead atoms. The highest BCUT2D eigenvalue weighted by Gasteiger charge is 2.28. The van der Waals surface area contributed by atoms with E-state index < -0.39 is 0 Å². The van der Waals surface area contributed by atoms with E-state index in [1.165, 1.54) is 5.56 Å². The van der Waals surface area contributed by atoms with E-state index in [4.69, 9.17) is 0 Å². The maximum Gasteiger partial charge on any atom is 0.254 e. The van der Waals surface area contributed by atoms with Crippen molar-refractivity contribution in [2.75, 3.05) is 18.4 Å². The fourth-order valence-electron chi connectivity index (χ4n) is 3.44. The number of benzene rings is 2. The molecule has 0 radical (unpaired) electrons. The number of hydrogen-bond acceptors (Lipinski definition) is 2. The number of anilines is 1. The van der Waals surface area contributed by atoms with Gasteiger partial charge in [0, 0.05) is 30.3 Å². The van der Waals surface area contributed by atoms with E-state index in [0.29, 0.717) is 25.9 Å². The van der Waals surface area contributed by atoms with Crippen molar-refractivity contribution in [2.24, 2.45) is 5.92 Å². The normalized spacial score (nSPS) is 14.9. The van der Waals surface area contributed by atoms with E-state index in [2.05, 4.69) is 18.3 Å². The van der Waals surface area contributed by atoms with Gasteiger partial charge in [-0.15, -0.1) is 0 Å². The van der Waals surface area contributed by atoms with Crippen LogP contribution < -0.4 is 5.32 Å². The SMILES string of the molecule is CCc1cccc(NC(=O)C2CCN(C(=O)c3ccccc3C)CC2)c1. The van der Waals surface area contributed by atoms with Crippen molar-refractivity contribution < 1.29 is 9.59 Å². The minimum absolute atomic E-state index is 0.0406. The molecule has 0 aliphatic carbocycles. The summed E-state index contributed by atoms with van der Waals surface area (Å²) < 4.78 is 0. The molecule has 2 aromatic rings. The van der Waals surface area contributed by atoms with Crippen molar-refractivity contribution in [3.63, 3.8) is 0 Å². The number of piperidine rings is 1. The first-order chi connectivity index (χ1) is 12.6. The first-order valence-electron chi connectivity index (χ1n) is 9.33. The van der Waals surface area contributed by atoms with E-state index in [1.54, 1.807) is 0 Å². The molecular formula is C22H26N2O2. The molecule has 0 atom stereocenters. The van der Waals surface area contributed by atoms with Crippen LogP contribution in [0.1, 0.15) is 41.3 Å². The lowest BCUT2D eigenvalue weighted by atomic mass is 9.95. The van der Waals surface area contributed by atoms with Gasteiger partial charge in [-0.1, -0.05) is 37.3 Å². The van der Waals surface area contributed by atoms with E-state index in [0.717, 1.165) is 23.2 Å². The molecule has 4 heteroatoms. The number of amides is 2. The van der Waals surface area contributed by atoms with E-state index in [-0.39, 0.29) is 17.7 Å². The summed E-state index contributed by atoms with van der Waals surface area (Å²) in [6, 6.07) is 15.6. The largest absolute Gasteiger partial charge is 0.339 e. The average Bonchev–Trinajstić information content (AvgIpc) is 2.68. The van der Waals surface area contributed by atoms with Crippen LogP contribution >= 0.6 is 0 Å². The summed E-state index contributed by atoms with van der Waals surface area (Å²) in [6.45, 7) is 5.31. The maximum absolute atomic E-state index is 12.7. The summed E-state index contributed by atoms with van der Waals surface area (Å²) >= 11 is 0. The maximum atomic E-state index is 12.7. The minimum atomic E-state index is -0.0406. The smallest absolute Gasteiger partial charge is 0.254 e. The second-order valence-corrected chi connectivity index (χ2v) is 6.92. The molecule has 3 rings (SSSR count). The number of nitrogens with one attached hydrogen (secondary N) is 1. The Morgan fingerprint density at radius 1 is 1.08 bits per heavy atom. The Morgan fingerprint density at radius 2 is 1.81 bits per heavy atom. The van der Waals surface area contributed by atoms with Crippen LogP contribution in [-0.2, 0) is 11.2 Å². The van der Waals surface area contributed by atoms with Gasteiger partial charge in [0.05, 0.1) is 0 Å². The molecule has 1 fully saturated rings. The van der Waals surface area contributed by atoms with Crippen LogP contribution in [0.25, 0.3) is 0 Å². The number of aryl methyl sites for hydroxylation is 2. The molecular weight excluding hydrogens is 324 g/mol. The molecule has 136 valence electrons. The zero-order valence-electron chi connectivity index (χ0n) is 15.5. The monoisotopic (exact) mass is 350 g/mol. The quantitative estimate of drug-likeness (QED) is 0.904. The molecule has 2 aromatic carbocycles. The fourth-order valence-corrected chi connectivity index (χ4v) is 3.44. The highest BCUT2D eigenvalue weighted by molar-refractivity contribution is 5.96. The summed E-state index contributed by atoms with van der Waals surface area (Å²) in [5, 5.41) is 3.03. The standard InChI is InChI=1S/C22H26N2O2/c1-3-17-8-6-9-19(15-17)23-21(25)18-11-13-24(14-12-18)22(26)20-10-5-4-7-16(20)2/h4-10,15,18H,3,11-14H2,1-2H3,(H,23,25). The van der Waals surface area contributed by atoms with Crippen molar-refractivity contribution in [1.29, 1.82) is 0 Å². The number of nitrogens with zero attached hydrogens (tertiary/aromatic N) is 1. The zero-order chi connectivity index (χ0) is 18.5. The van der Waals surface area contributed by atoms with Crippen molar-refractivity contribution in [1.82, 2.24) is 4.90 Å². The fraction of sp³-hybridized carbons (Fsp3) is 0.364. The Balaban J connectivity index is 1.57. The van der Waals surface area contributed by atoms with Gasteiger partial charge >= 0.3 is 0 Å². The molecule has 1 N–H and O–H groups in total. The van der Waals surface area contributed by atoms with Crippen LogP contribution in [0.4, 0.5) is 5.69 Å². The summed E-state index contributed by atoms with van der Waals surface area (Å²) in [7, 11) is 0. The molecule has 1 saturated heterocycles. The Kier molecular flexibility index (Phi) is 5.71. The Hall–Kier alpha value is -2.62. The Labute approximate surface area is 155 Å². The minimum Gasteiger partial charge on any atom is -0.339 e. The van der Waals surface area contributed by atoms with E-state index in [1.807, 2.05) is 54.3 Å². The molecule has 0 aromatic heterocycles. The third-order valence-electron chi connectivity index (χ3n) is 5.13. The second kappa shape index (κ2) is 8.17. The first kappa shape index (κ1) is 18.2. The van der Waals surface area contributed by atoms with Crippen molar-refractivity contribution >= 4 is 17.5 Å². The summed E-state index contributed by atoms with van der Waals surface area (Å²) in [5.74, 6) is 0.0834. The summed E-state index contributed by atoms with van der Waals surface area (Å²) in [4.78, 5) is 27.1. The Bertz CT molecular complexity index is 792. The van der Waals surface area contributed by atoms with Crippen LogP contribution in [-0.4, -0.2) is 29.8 Å². The zero-order valence-corrected chi connectivity index (χ0v) is 15.5. The lowest BCUT2D eigenvalue weighted by Crippen LogP contribution is -2.41. The van der Waals surface area contributed by atoms with Gasteiger partial charge in [0.1, 0.15) is 0 Å². The predicted molar refractivity (Wildman–Crippen MR) is 104 cm³/mol. The van der Waals surface area contributed by atoms with Gasteiger partial charge in [-0.25, -0.2) is 0 Å². The molecule has 1 aliphatic rings. The van der Waals surface area contributed by atoms with Crippen molar-refractivity contribution in [2.45, 2.75) is 33.1 Å². The number of hydrogen-bond donors (Lipinski definition) is 1. The van der Waals surface area contributed by atoms with Gasteiger partial charge in [-0.3, -0.25) is 9.59 Å². The summed E-state index contributed by atoms with van der Waals surface area (Å²) in [6.07, 6.45) is 2.36. The van der Waals surface area contributed by atoms with Crippen LogP contribution in [0.2, 0.25) is 0 Å². The molecule has 26 heavy (non-hydrogen) atoms. The van der Waals surface area contributed by atoms with E-state index >= 15 is 0 Å². The van der Waals surface area contributed by atoms with Crippen molar-refractivity contribution in [3.05, 3.63) is 65.2 Å².